The summed E-state index contributed by atoms with van der Waals surface area (Å²) in [6.45, 7) is 3.22. The molecule has 1 aliphatic rings. The van der Waals surface area contributed by atoms with E-state index in [1.165, 1.54) is 23.5 Å². The van der Waals surface area contributed by atoms with Crippen molar-refractivity contribution >= 4 is 23.0 Å². The van der Waals surface area contributed by atoms with Gasteiger partial charge in [0.05, 0.1) is 4.88 Å². The van der Waals surface area contributed by atoms with E-state index < -0.39 is 0 Å². The lowest BCUT2D eigenvalue weighted by molar-refractivity contribution is 0.0654. The maximum absolute atomic E-state index is 12.5. The summed E-state index contributed by atoms with van der Waals surface area (Å²) in [4.78, 5) is 28.6. The third-order valence-corrected chi connectivity index (χ3v) is 5.24. The number of benzene rings is 1. The van der Waals surface area contributed by atoms with Gasteiger partial charge >= 0.3 is 0 Å². The van der Waals surface area contributed by atoms with E-state index in [9.17, 15) is 14.7 Å². The molecule has 2 heterocycles. The molecule has 1 fully saturated rings. The first-order valence-corrected chi connectivity index (χ1v) is 8.55. The van der Waals surface area contributed by atoms with Gasteiger partial charge in [0.2, 0.25) is 0 Å². The molecule has 2 aromatic rings. The number of hydrogen-bond donors (Lipinski definition) is 1. The first kappa shape index (κ1) is 15.7. The number of Topliss-reactive ketones (excluding diaryl/α,β-unsaturated/α-hetero) is 1. The van der Waals surface area contributed by atoms with Crippen LogP contribution in [0.2, 0.25) is 0 Å². The van der Waals surface area contributed by atoms with Gasteiger partial charge in [-0.05, 0) is 56.2 Å². The molecule has 0 radical (unpaired) electrons. The molecule has 0 aliphatic carbocycles. The second-order valence-electron chi connectivity index (χ2n) is 5.89. The Morgan fingerprint density at radius 3 is 2.30 bits per heavy atom. The number of thiophene rings is 1. The number of amides is 1. The molecule has 5 heteroatoms. The number of nitrogens with zero attached hydrogens (tertiary/aromatic N) is 1. The van der Waals surface area contributed by atoms with Crippen LogP contribution in [0, 0.1) is 12.8 Å². The zero-order valence-corrected chi connectivity index (χ0v) is 13.8. The Morgan fingerprint density at radius 2 is 1.74 bits per heavy atom. The fourth-order valence-corrected chi connectivity index (χ4v) is 3.75. The Labute approximate surface area is 139 Å². The summed E-state index contributed by atoms with van der Waals surface area (Å²) in [5, 5.41) is 9.30. The lowest BCUT2D eigenvalue weighted by Gasteiger charge is -2.31. The van der Waals surface area contributed by atoms with E-state index in [-0.39, 0.29) is 23.4 Å². The van der Waals surface area contributed by atoms with E-state index in [0.29, 0.717) is 31.5 Å². The van der Waals surface area contributed by atoms with Gasteiger partial charge in [0.1, 0.15) is 5.75 Å². The Kier molecular flexibility index (Phi) is 4.48. The minimum atomic E-state index is -0.0475. The molecule has 120 valence electrons. The van der Waals surface area contributed by atoms with Gasteiger partial charge in [-0.25, -0.2) is 0 Å². The van der Waals surface area contributed by atoms with Gasteiger partial charge < -0.3 is 10.0 Å². The number of rotatable bonds is 3. The zero-order valence-electron chi connectivity index (χ0n) is 13.0. The summed E-state index contributed by atoms with van der Waals surface area (Å²) in [5.41, 5.74) is 0.626. The molecule has 0 atom stereocenters. The van der Waals surface area contributed by atoms with E-state index in [4.69, 9.17) is 0 Å². The second-order valence-corrected chi connectivity index (χ2v) is 7.18. The van der Waals surface area contributed by atoms with E-state index in [1.807, 2.05) is 24.0 Å². The predicted molar refractivity (Wildman–Crippen MR) is 90.1 cm³/mol. The van der Waals surface area contributed by atoms with Crippen LogP contribution in [0.3, 0.4) is 0 Å². The Morgan fingerprint density at radius 1 is 1.09 bits per heavy atom. The number of phenolic OH excluding ortho intramolecular Hbond substituents is 1. The molecule has 1 amide bonds. The number of ketones is 1. The summed E-state index contributed by atoms with van der Waals surface area (Å²) in [6, 6.07) is 10.2. The highest BCUT2D eigenvalue weighted by atomic mass is 32.1. The van der Waals surface area contributed by atoms with Crippen LogP contribution in [0.4, 0.5) is 0 Å². The van der Waals surface area contributed by atoms with Crippen molar-refractivity contribution in [2.75, 3.05) is 13.1 Å². The highest BCUT2D eigenvalue weighted by Gasteiger charge is 2.28. The van der Waals surface area contributed by atoms with Gasteiger partial charge in [0.15, 0.2) is 5.78 Å². The van der Waals surface area contributed by atoms with Crippen LogP contribution in [0.5, 0.6) is 5.75 Å². The van der Waals surface area contributed by atoms with Gasteiger partial charge in [0, 0.05) is 29.4 Å². The molecular formula is C18H19NO3S. The molecule has 3 rings (SSSR count). The standard InChI is InChI=1S/C18H19NO3S/c1-12-2-7-16(23-12)18(22)19-10-8-14(9-11-19)17(21)13-3-5-15(20)6-4-13/h2-7,14,20H,8-11H2,1H3. The average Bonchev–Trinajstić information content (AvgIpc) is 3.01. The molecule has 0 spiro atoms. The minimum Gasteiger partial charge on any atom is -0.508 e. The maximum Gasteiger partial charge on any atom is 0.263 e. The van der Waals surface area contributed by atoms with Crippen LogP contribution in [0.15, 0.2) is 36.4 Å². The first-order chi connectivity index (χ1) is 11.0. The number of aromatic hydroxyl groups is 1. The smallest absolute Gasteiger partial charge is 0.263 e. The highest BCUT2D eigenvalue weighted by molar-refractivity contribution is 7.13. The molecule has 0 saturated carbocycles. The van der Waals surface area contributed by atoms with Crippen LogP contribution >= 0.6 is 11.3 Å². The monoisotopic (exact) mass is 329 g/mol. The summed E-state index contributed by atoms with van der Waals surface area (Å²) in [7, 11) is 0. The largest absolute Gasteiger partial charge is 0.508 e. The Bertz CT molecular complexity index is 712. The molecule has 1 aliphatic heterocycles. The van der Waals surface area contributed by atoms with Crippen molar-refractivity contribution in [3.63, 3.8) is 0 Å². The van der Waals surface area contributed by atoms with Gasteiger partial charge in [-0.2, -0.15) is 0 Å². The highest BCUT2D eigenvalue weighted by Crippen LogP contribution is 2.25. The predicted octanol–water partition coefficient (Wildman–Crippen LogP) is 3.50. The van der Waals surface area contributed by atoms with Crippen molar-refractivity contribution in [2.24, 2.45) is 5.92 Å². The van der Waals surface area contributed by atoms with Gasteiger partial charge in [0.25, 0.3) is 5.91 Å². The topological polar surface area (TPSA) is 57.6 Å². The zero-order chi connectivity index (χ0) is 16.4. The van der Waals surface area contributed by atoms with Crippen LogP contribution in [-0.2, 0) is 0 Å². The molecule has 1 aromatic heterocycles. The van der Waals surface area contributed by atoms with Crippen LogP contribution in [0.1, 0.15) is 37.7 Å². The molecule has 4 nitrogen and oxygen atoms in total. The normalized spacial score (nSPS) is 15.6. The van der Waals surface area contributed by atoms with E-state index >= 15 is 0 Å². The van der Waals surface area contributed by atoms with E-state index in [0.717, 1.165) is 9.75 Å². The lowest BCUT2D eigenvalue weighted by atomic mass is 9.89. The van der Waals surface area contributed by atoms with Gasteiger partial charge in [-0.1, -0.05) is 0 Å². The molecule has 0 unspecified atom stereocenters. The average molecular weight is 329 g/mol. The van der Waals surface area contributed by atoms with Crippen LogP contribution < -0.4 is 0 Å². The quantitative estimate of drug-likeness (QED) is 0.877. The Balaban J connectivity index is 1.61. The molecule has 0 bridgehead atoms. The number of piperidine rings is 1. The summed E-state index contributed by atoms with van der Waals surface area (Å²) in [6.07, 6.45) is 1.38. The summed E-state index contributed by atoms with van der Waals surface area (Å²) in [5.74, 6) is 0.282. The fourth-order valence-electron chi connectivity index (χ4n) is 2.91. The number of aryl methyl sites for hydroxylation is 1. The van der Waals surface area contributed by atoms with E-state index in [1.54, 1.807) is 12.1 Å². The Hall–Kier alpha value is -2.14. The number of hydrogen-bond acceptors (Lipinski definition) is 4. The fraction of sp³-hybridized carbons (Fsp3) is 0.333. The molecule has 1 saturated heterocycles. The summed E-state index contributed by atoms with van der Waals surface area (Å²) >= 11 is 1.51. The third kappa shape index (κ3) is 3.45. The number of likely N-dealkylation sites (tertiary alicyclic amines) is 1. The lowest BCUT2D eigenvalue weighted by Crippen LogP contribution is -2.40. The molecular weight excluding hydrogens is 310 g/mol. The van der Waals surface area contributed by atoms with Gasteiger partial charge in [-0.3, -0.25) is 9.59 Å². The van der Waals surface area contributed by atoms with Crippen LogP contribution in [0.25, 0.3) is 0 Å². The van der Waals surface area contributed by atoms with Gasteiger partial charge in [-0.15, -0.1) is 11.3 Å². The maximum atomic E-state index is 12.5. The minimum absolute atomic E-state index is 0.0475. The van der Waals surface area contributed by atoms with Crippen molar-refractivity contribution in [1.82, 2.24) is 4.90 Å². The van der Waals surface area contributed by atoms with Crippen molar-refractivity contribution in [3.05, 3.63) is 51.7 Å². The molecule has 1 aromatic carbocycles. The van der Waals surface area contributed by atoms with Crippen molar-refractivity contribution in [1.29, 1.82) is 0 Å². The van der Waals surface area contributed by atoms with E-state index in [2.05, 4.69) is 0 Å². The molecule has 23 heavy (non-hydrogen) atoms. The number of phenols is 1. The van der Waals surface area contributed by atoms with Crippen LogP contribution in [-0.4, -0.2) is 34.8 Å². The SMILES string of the molecule is Cc1ccc(C(=O)N2CCC(C(=O)c3ccc(O)cc3)CC2)s1. The number of carbonyl (C=O) groups excluding carboxylic acids is 2. The van der Waals surface area contributed by atoms with Crippen molar-refractivity contribution in [3.8, 4) is 5.75 Å². The van der Waals surface area contributed by atoms with Crippen molar-refractivity contribution < 1.29 is 14.7 Å². The molecule has 1 N–H and O–H groups in total. The second kappa shape index (κ2) is 6.54. The third-order valence-electron chi connectivity index (χ3n) is 4.26. The number of carbonyl (C=O) groups is 2. The summed E-state index contributed by atoms with van der Waals surface area (Å²) < 4.78 is 0. The first-order valence-electron chi connectivity index (χ1n) is 7.73. The van der Waals surface area contributed by atoms with Crippen molar-refractivity contribution in [2.45, 2.75) is 19.8 Å².